The molecule has 3 heteroatoms. The van der Waals surface area contributed by atoms with Crippen molar-refractivity contribution in [3.63, 3.8) is 0 Å². The topological polar surface area (TPSA) is 3.24 Å². The summed E-state index contributed by atoms with van der Waals surface area (Å²) in [5, 5.41) is 0.730. The highest BCUT2D eigenvalue weighted by Gasteiger charge is 2.11. The van der Waals surface area contributed by atoms with Crippen LogP contribution in [0.4, 0.5) is 11.4 Å². The Morgan fingerprint density at radius 1 is 1.06 bits per heavy atom. The molecule has 0 aromatic heterocycles. The third-order valence-corrected chi connectivity index (χ3v) is 3.39. The molecule has 0 bridgehead atoms. The van der Waals surface area contributed by atoms with Crippen LogP contribution in [-0.2, 0) is 5.88 Å². The first kappa shape index (κ1) is 13.3. The lowest BCUT2D eigenvalue weighted by atomic mass is 10.1. The molecule has 0 aliphatic heterocycles. The molecule has 0 atom stereocenters. The van der Waals surface area contributed by atoms with E-state index in [-0.39, 0.29) is 0 Å². The zero-order valence-corrected chi connectivity index (χ0v) is 11.7. The van der Waals surface area contributed by atoms with E-state index in [2.05, 4.69) is 24.0 Å². The van der Waals surface area contributed by atoms with E-state index in [0.717, 1.165) is 28.5 Å². The highest BCUT2D eigenvalue weighted by Crippen LogP contribution is 2.31. The fourth-order valence-electron chi connectivity index (χ4n) is 2.00. The molecule has 94 valence electrons. The Labute approximate surface area is 118 Å². The molecule has 0 amide bonds. The lowest BCUT2D eigenvalue weighted by Crippen LogP contribution is -2.17. The number of anilines is 2. The highest BCUT2D eigenvalue weighted by atomic mass is 35.5. The third kappa shape index (κ3) is 2.80. The summed E-state index contributed by atoms with van der Waals surface area (Å²) < 4.78 is 0. The molecule has 0 unspecified atom stereocenters. The molecule has 2 aromatic carbocycles. The van der Waals surface area contributed by atoms with E-state index in [0.29, 0.717) is 5.88 Å². The zero-order chi connectivity index (χ0) is 13.0. The SMILES string of the molecule is CCN(c1ccccc1)c1cc(Cl)ccc1CCl. The predicted octanol–water partition coefficient (Wildman–Crippen LogP) is 5.24. The Bertz CT molecular complexity index is 511. The number of halogens is 2. The fourth-order valence-corrected chi connectivity index (χ4v) is 2.39. The van der Waals surface area contributed by atoms with Crippen LogP contribution in [0.2, 0.25) is 5.02 Å². The van der Waals surface area contributed by atoms with Gasteiger partial charge in [-0.3, -0.25) is 0 Å². The molecule has 0 spiro atoms. The van der Waals surface area contributed by atoms with Gasteiger partial charge in [-0.1, -0.05) is 35.9 Å². The van der Waals surface area contributed by atoms with Crippen molar-refractivity contribution in [2.45, 2.75) is 12.8 Å². The van der Waals surface area contributed by atoms with Crippen molar-refractivity contribution in [2.75, 3.05) is 11.4 Å². The number of alkyl halides is 1. The van der Waals surface area contributed by atoms with Crippen LogP contribution in [0.25, 0.3) is 0 Å². The summed E-state index contributed by atoms with van der Waals surface area (Å²) in [6.07, 6.45) is 0. The van der Waals surface area contributed by atoms with Crippen LogP contribution in [-0.4, -0.2) is 6.54 Å². The lowest BCUT2D eigenvalue weighted by molar-refractivity contribution is 1.01. The second-order valence-electron chi connectivity index (χ2n) is 3.99. The zero-order valence-electron chi connectivity index (χ0n) is 10.2. The number of hydrogen-bond acceptors (Lipinski definition) is 1. The Balaban J connectivity index is 2.48. The minimum atomic E-state index is 0.482. The third-order valence-electron chi connectivity index (χ3n) is 2.87. The minimum Gasteiger partial charge on any atom is -0.341 e. The summed E-state index contributed by atoms with van der Waals surface area (Å²) >= 11 is 12.1. The van der Waals surface area contributed by atoms with Gasteiger partial charge in [0.2, 0.25) is 0 Å². The maximum Gasteiger partial charge on any atom is 0.0494 e. The number of hydrogen-bond donors (Lipinski definition) is 0. The van der Waals surface area contributed by atoms with Crippen LogP contribution in [0.1, 0.15) is 12.5 Å². The Kier molecular flexibility index (Phi) is 4.51. The molecule has 2 aromatic rings. The van der Waals surface area contributed by atoms with E-state index in [1.807, 2.05) is 36.4 Å². The Morgan fingerprint density at radius 2 is 1.78 bits per heavy atom. The summed E-state index contributed by atoms with van der Waals surface area (Å²) in [5.41, 5.74) is 3.31. The number of benzene rings is 2. The van der Waals surface area contributed by atoms with Crippen molar-refractivity contribution < 1.29 is 0 Å². The van der Waals surface area contributed by atoms with Crippen LogP contribution in [0, 0.1) is 0 Å². The van der Waals surface area contributed by atoms with E-state index in [4.69, 9.17) is 23.2 Å². The van der Waals surface area contributed by atoms with E-state index in [9.17, 15) is 0 Å². The maximum absolute atomic E-state index is 6.09. The van der Waals surface area contributed by atoms with Crippen LogP contribution in [0.3, 0.4) is 0 Å². The van der Waals surface area contributed by atoms with E-state index >= 15 is 0 Å². The molecule has 0 fully saturated rings. The van der Waals surface area contributed by atoms with Crippen molar-refractivity contribution in [3.05, 3.63) is 59.1 Å². The molecular weight excluding hydrogens is 265 g/mol. The number of para-hydroxylation sites is 1. The van der Waals surface area contributed by atoms with Gasteiger partial charge in [-0.25, -0.2) is 0 Å². The van der Waals surface area contributed by atoms with E-state index < -0.39 is 0 Å². The maximum atomic E-state index is 6.09. The highest BCUT2D eigenvalue weighted by molar-refractivity contribution is 6.31. The van der Waals surface area contributed by atoms with Crippen LogP contribution >= 0.6 is 23.2 Å². The van der Waals surface area contributed by atoms with Crippen molar-refractivity contribution in [3.8, 4) is 0 Å². The molecule has 0 heterocycles. The molecule has 0 aliphatic carbocycles. The van der Waals surface area contributed by atoms with Gasteiger partial charge >= 0.3 is 0 Å². The molecule has 0 N–H and O–H groups in total. The van der Waals surface area contributed by atoms with E-state index in [1.54, 1.807) is 0 Å². The summed E-state index contributed by atoms with van der Waals surface area (Å²) in [7, 11) is 0. The summed E-state index contributed by atoms with van der Waals surface area (Å²) in [4.78, 5) is 2.21. The first-order valence-electron chi connectivity index (χ1n) is 5.93. The monoisotopic (exact) mass is 279 g/mol. The van der Waals surface area contributed by atoms with E-state index in [1.165, 1.54) is 0 Å². The Hall–Kier alpha value is -1.18. The minimum absolute atomic E-state index is 0.482. The van der Waals surface area contributed by atoms with Crippen molar-refractivity contribution in [2.24, 2.45) is 0 Å². The van der Waals surface area contributed by atoms with Crippen molar-refractivity contribution in [1.82, 2.24) is 0 Å². The molecule has 1 nitrogen and oxygen atoms in total. The second-order valence-corrected chi connectivity index (χ2v) is 4.69. The largest absolute Gasteiger partial charge is 0.341 e. The second kappa shape index (κ2) is 6.12. The van der Waals surface area contributed by atoms with Crippen LogP contribution in [0.15, 0.2) is 48.5 Å². The van der Waals surface area contributed by atoms with Crippen molar-refractivity contribution >= 4 is 34.6 Å². The van der Waals surface area contributed by atoms with Gasteiger partial charge in [0.15, 0.2) is 0 Å². The van der Waals surface area contributed by atoms with Gasteiger partial charge in [-0.15, -0.1) is 11.6 Å². The smallest absolute Gasteiger partial charge is 0.0494 e. The first-order chi connectivity index (χ1) is 8.76. The Morgan fingerprint density at radius 3 is 2.39 bits per heavy atom. The van der Waals surface area contributed by atoms with Gasteiger partial charge in [0.1, 0.15) is 0 Å². The molecule has 0 aliphatic rings. The summed E-state index contributed by atoms with van der Waals surface area (Å²) in [5.74, 6) is 0.482. The first-order valence-corrected chi connectivity index (χ1v) is 6.84. The average molecular weight is 280 g/mol. The lowest BCUT2D eigenvalue weighted by Gasteiger charge is -2.25. The molecule has 0 saturated carbocycles. The van der Waals surface area contributed by atoms with Gasteiger partial charge in [0, 0.05) is 28.8 Å². The molecular formula is C15H15Cl2N. The number of nitrogens with zero attached hydrogens (tertiary/aromatic N) is 1. The quantitative estimate of drug-likeness (QED) is 0.692. The summed E-state index contributed by atoms with van der Waals surface area (Å²) in [6, 6.07) is 16.1. The average Bonchev–Trinajstić information content (AvgIpc) is 2.41. The van der Waals surface area contributed by atoms with Gasteiger partial charge in [-0.05, 0) is 36.8 Å². The molecule has 0 saturated heterocycles. The van der Waals surface area contributed by atoms with Crippen LogP contribution < -0.4 is 4.90 Å². The fraction of sp³-hybridized carbons (Fsp3) is 0.200. The summed E-state index contributed by atoms with van der Waals surface area (Å²) in [6.45, 7) is 2.99. The van der Waals surface area contributed by atoms with Gasteiger partial charge in [0.05, 0.1) is 0 Å². The van der Waals surface area contributed by atoms with Gasteiger partial charge in [0.25, 0.3) is 0 Å². The van der Waals surface area contributed by atoms with Crippen LogP contribution in [0.5, 0.6) is 0 Å². The van der Waals surface area contributed by atoms with Crippen molar-refractivity contribution in [1.29, 1.82) is 0 Å². The molecule has 18 heavy (non-hydrogen) atoms. The normalized spacial score (nSPS) is 10.4. The van der Waals surface area contributed by atoms with Gasteiger partial charge < -0.3 is 4.90 Å². The number of rotatable bonds is 4. The molecule has 2 rings (SSSR count). The van der Waals surface area contributed by atoms with Gasteiger partial charge in [-0.2, -0.15) is 0 Å². The predicted molar refractivity (Wildman–Crippen MR) is 80.1 cm³/mol. The molecule has 0 radical (unpaired) electrons. The standard InChI is InChI=1S/C15H15Cl2N/c1-2-18(14-6-4-3-5-7-14)15-10-13(17)9-8-12(15)11-16/h3-10H,2,11H2,1H3.